The van der Waals surface area contributed by atoms with E-state index in [1.165, 1.54) is 48.5 Å². The van der Waals surface area contributed by atoms with Gasteiger partial charge in [-0.15, -0.1) is 0 Å². The smallest absolute Gasteiger partial charge is 0.261 e. The lowest BCUT2D eigenvalue weighted by molar-refractivity contribution is 0.524. The van der Waals surface area contributed by atoms with Crippen molar-refractivity contribution in [1.29, 1.82) is 0 Å². The van der Waals surface area contributed by atoms with Crippen molar-refractivity contribution in [2.45, 2.75) is 56.1 Å². The first-order chi connectivity index (χ1) is 25.9. The number of hydrogen-bond acceptors (Lipinski definition) is 13. The Morgan fingerprint density at radius 1 is 0.400 bits per heavy atom. The molecule has 0 saturated carbocycles. The van der Waals surface area contributed by atoms with Crippen LogP contribution in [-0.2, 0) is 39.3 Å². The Kier molecular flexibility index (Phi) is 15.0. The van der Waals surface area contributed by atoms with Gasteiger partial charge in [0.2, 0.25) is 24.3 Å². The molecule has 300 valence electrons. The van der Waals surface area contributed by atoms with Crippen molar-refractivity contribution in [1.82, 2.24) is 21.3 Å². The van der Waals surface area contributed by atoms with Crippen LogP contribution in [0.4, 0.5) is 0 Å². The van der Waals surface area contributed by atoms with Crippen LogP contribution < -0.4 is 27.0 Å². The van der Waals surface area contributed by atoms with E-state index in [1.54, 1.807) is 27.7 Å². The molecule has 1 heterocycles. The van der Waals surface area contributed by atoms with Crippen molar-refractivity contribution in [3.63, 3.8) is 0 Å². The van der Waals surface area contributed by atoms with E-state index in [1.807, 2.05) is 0 Å². The van der Waals surface area contributed by atoms with E-state index in [-0.39, 0.29) is 0 Å². The maximum Gasteiger partial charge on any atom is 0.261 e. The third-order valence-electron chi connectivity index (χ3n) is 9.01. The zero-order chi connectivity index (χ0) is 40.5. The number of sulfone groups is 4. The van der Waals surface area contributed by atoms with Crippen LogP contribution >= 0.6 is 0 Å². The number of aryl methyl sites for hydroxylation is 4. The first kappa shape index (κ1) is 44.2. The molecule has 13 nitrogen and oxygen atoms in total. The van der Waals surface area contributed by atoms with Crippen LogP contribution in [0.25, 0.3) is 0 Å². The lowest BCUT2D eigenvalue weighted by Crippen LogP contribution is -2.66. The molecule has 0 atom stereocenters. The summed E-state index contributed by atoms with van der Waals surface area (Å²) >= 11 is 0. The van der Waals surface area contributed by atoms with Crippen molar-refractivity contribution in [2.24, 2.45) is 5.73 Å². The van der Waals surface area contributed by atoms with Crippen LogP contribution in [0.5, 0.6) is 0 Å². The molecule has 1 aliphatic rings. The highest BCUT2D eigenvalue weighted by Gasteiger charge is 2.68. The molecule has 0 aliphatic carbocycles. The SMILES string of the molecule is C1CNCCNCCNCCN1.Cc1ccc(S(=O)(=O)C(C(N)(S(=O)(=O)c2ccc(C)cc2)S(=O)(=O)c2ccc(C)cc2)S(=O)(=O)c2ccc(C)cc2)cc1. The van der Waals surface area contributed by atoms with E-state index in [4.69, 9.17) is 5.73 Å². The lowest BCUT2D eigenvalue weighted by Gasteiger charge is -2.35. The highest BCUT2D eigenvalue weighted by Crippen LogP contribution is 2.43. The number of rotatable bonds is 9. The molecule has 4 aromatic carbocycles. The lowest BCUT2D eigenvalue weighted by atomic mass is 10.2. The normalized spacial score (nSPS) is 15.6. The molecule has 4 aromatic rings. The molecule has 17 heteroatoms. The predicted molar refractivity (Wildman–Crippen MR) is 216 cm³/mol. The fraction of sp³-hybridized carbons (Fsp3) is 0.368. The second-order valence-electron chi connectivity index (χ2n) is 13.4. The summed E-state index contributed by atoms with van der Waals surface area (Å²) in [6.07, 6.45) is 0. The Morgan fingerprint density at radius 2 is 0.600 bits per heavy atom. The van der Waals surface area contributed by atoms with Gasteiger partial charge in [-0.25, -0.2) is 33.7 Å². The highest BCUT2D eigenvalue weighted by atomic mass is 32.3. The summed E-state index contributed by atoms with van der Waals surface area (Å²) in [5.41, 5.74) is 8.97. The number of nitrogens with two attached hydrogens (primary N) is 1. The van der Waals surface area contributed by atoms with Gasteiger partial charge in [-0.2, -0.15) is 0 Å². The molecule has 0 bridgehead atoms. The van der Waals surface area contributed by atoms with Crippen molar-refractivity contribution in [2.75, 3.05) is 52.4 Å². The van der Waals surface area contributed by atoms with Gasteiger partial charge < -0.3 is 21.3 Å². The molecule has 1 aliphatic heterocycles. The Morgan fingerprint density at radius 3 is 0.818 bits per heavy atom. The largest absolute Gasteiger partial charge is 0.314 e. The molecule has 0 radical (unpaired) electrons. The van der Waals surface area contributed by atoms with Crippen molar-refractivity contribution < 1.29 is 33.7 Å². The van der Waals surface area contributed by atoms with Crippen molar-refractivity contribution >= 4 is 39.3 Å². The number of benzene rings is 4. The Balaban J connectivity index is 0.000000477. The van der Waals surface area contributed by atoms with E-state index >= 15 is 0 Å². The van der Waals surface area contributed by atoms with Gasteiger partial charge >= 0.3 is 0 Å². The van der Waals surface area contributed by atoms with E-state index in [2.05, 4.69) is 21.3 Å². The molecule has 5 rings (SSSR count). The van der Waals surface area contributed by atoms with Crippen LogP contribution in [-0.4, -0.2) is 94.8 Å². The van der Waals surface area contributed by atoms with Gasteiger partial charge in [0.1, 0.15) is 0 Å². The fourth-order valence-corrected chi connectivity index (χ4v) is 17.1. The molecule has 0 aromatic heterocycles. The topological polar surface area (TPSA) is 211 Å². The summed E-state index contributed by atoms with van der Waals surface area (Å²) in [5.74, 6) is 0. The van der Waals surface area contributed by atoms with E-state index in [9.17, 15) is 33.7 Å². The van der Waals surface area contributed by atoms with Crippen LogP contribution in [0.2, 0.25) is 0 Å². The molecule has 0 spiro atoms. The summed E-state index contributed by atoms with van der Waals surface area (Å²) < 4.78 is 109. The zero-order valence-corrected chi connectivity index (χ0v) is 34.7. The van der Waals surface area contributed by atoms with Crippen LogP contribution in [0.15, 0.2) is 117 Å². The average molecular weight is 834 g/mol. The highest BCUT2D eigenvalue weighted by molar-refractivity contribution is 8.16. The molecular weight excluding hydrogens is 783 g/mol. The van der Waals surface area contributed by atoms with Gasteiger partial charge in [-0.3, -0.25) is 5.73 Å². The zero-order valence-electron chi connectivity index (χ0n) is 31.4. The minimum absolute atomic E-state index is 0.610. The average Bonchev–Trinajstić information content (AvgIpc) is 3.12. The Bertz CT molecular complexity index is 2130. The summed E-state index contributed by atoms with van der Waals surface area (Å²) in [5, 5.41) is 13.4. The first-order valence-electron chi connectivity index (χ1n) is 17.7. The van der Waals surface area contributed by atoms with Gasteiger partial charge in [-0.1, -0.05) is 70.8 Å². The van der Waals surface area contributed by atoms with Gasteiger partial charge in [0, 0.05) is 52.4 Å². The first-order valence-corrected chi connectivity index (χ1v) is 23.8. The summed E-state index contributed by atoms with van der Waals surface area (Å²) in [6, 6.07) is 19.5. The van der Waals surface area contributed by atoms with Crippen molar-refractivity contribution in [3.8, 4) is 0 Å². The molecule has 6 N–H and O–H groups in total. The predicted octanol–water partition coefficient (Wildman–Crippen LogP) is 2.41. The second-order valence-corrected chi connectivity index (χ2v) is 22.3. The molecule has 1 fully saturated rings. The van der Waals surface area contributed by atoms with Crippen molar-refractivity contribution in [3.05, 3.63) is 119 Å². The number of nitrogens with one attached hydrogen (secondary N) is 4. The van der Waals surface area contributed by atoms with Gasteiger partial charge in [0.15, 0.2) is 19.7 Å². The second kappa shape index (κ2) is 18.6. The Hall–Kier alpha value is -3.52. The monoisotopic (exact) mass is 833 g/mol. The number of hydrogen-bond donors (Lipinski definition) is 5. The maximum atomic E-state index is 14.5. The third-order valence-corrected chi connectivity index (χ3v) is 20.1. The van der Waals surface area contributed by atoms with Gasteiger partial charge in [0.05, 0.1) is 19.6 Å². The maximum absolute atomic E-state index is 14.5. The molecular formula is C38H51N5O8S4. The van der Waals surface area contributed by atoms with Crippen LogP contribution in [0.3, 0.4) is 0 Å². The molecule has 1 saturated heterocycles. The summed E-state index contributed by atoms with van der Waals surface area (Å²) in [4.78, 5) is -2.57. The summed E-state index contributed by atoms with van der Waals surface area (Å²) in [7, 11) is -21.7. The van der Waals surface area contributed by atoms with Gasteiger partial charge in [-0.05, 0) is 76.2 Å². The molecule has 0 unspecified atom stereocenters. The van der Waals surface area contributed by atoms with E-state index in [0.29, 0.717) is 22.3 Å². The quantitative estimate of drug-likeness (QED) is 0.164. The summed E-state index contributed by atoms with van der Waals surface area (Å²) in [6.45, 7) is 15.2. The van der Waals surface area contributed by atoms with E-state index < -0.39 is 67.7 Å². The minimum Gasteiger partial charge on any atom is -0.314 e. The van der Waals surface area contributed by atoms with E-state index in [0.717, 1.165) is 101 Å². The fourth-order valence-electron chi connectivity index (χ4n) is 5.71. The van der Waals surface area contributed by atoms with Crippen LogP contribution in [0.1, 0.15) is 22.3 Å². The van der Waals surface area contributed by atoms with Crippen LogP contribution in [0, 0.1) is 27.7 Å². The third kappa shape index (κ3) is 10.1. The molecule has 0 amide bonds. The van der Waals surface area contributed by atoms with Gasteiger partial charge in [0.25, 0.3) is 4.20 Å². The standard InChI is InChI=1S/C30H31NO8S4.C8H20N4/c1-21-5-13-25(14-6-21)40(32,33)29(41(34,35)26-15-7-22(2)8-16-26)30(31,42(36,37)27-17-9-23(3)10-18-27)43(38,39)28-19-11-24(4)12-20-28;1-2-10-5-6-12-8-7-11-4-3-9-1/h5-20,29H,31H2,1-4H3;9-12H,1-8H2. The Labute approximate surface area is 326 Å². The minimum atomic E-state index is -5.50. The molecule has 55 heavy (non-hydrogen) atoms.